The molecular weight excluding hydrogens is 124 g/mol. The second kappa shape index (κ2) is 2.09. The fraction of sp³-hybridized carbons (Fsp3) is 0.778. The van der Waals surface area contributed by atoms with Crippen molar-refractivity contribution in [2.75, 3.05) is 0 Å². The Morgan fingerprint density at radius 3 is 2.50 bits per heavy atom. The summed E-state index contributed by atoms with van der Waals surface area (Å²) >= 11 is 0. The lowest BCUT2D eigenvalue weighted by Crippen LogP contribution is -2.47. The van der Waals surface area contributed by atoms with Crippen LogP contribution in [-0.2, 0) is 4.74 Å². The van der Waals surface area contributed by atoms with Gasteiger partial charge in [-0.25, -0.2) is 0 Å². The highest BCUT2D eigenvalue weighted by Crippen LogP contribution is 2.41. The van der Waals surface area contributed by atoms with E-state index in [2.05, 4.69) is 13.5 Å². The molecule has 2 saturated heterocycles. The van der Waals surface area contributed by atoms with Crippen LogP contribution in [-0.4, -0.2) is 12.2 Å². The van der Waals surface area contributed by atoms with Crippen molar-refractivity contribution in [3.05, 3.63) is 12.2 Å². The second-order valence-electron chi connectivity index (χ2n) is 3.56. The number of hydrogen-bond acceptors (Lipinski definition) is 1. The third-order valence-corrected chi connectivity index (χ3v) is 2.74. The Morgan fingerprint density at radius 2 is 2.20 bits per heavy atom. The zero-order valence-electron chi connectivity index (χ0n) is 6.47. The van der Waals surface area contributed by atoms with Gasteiger partial charge in [0.2, 0.25) is 0 Å². The summed E-state index contributed by atoms with van der Waals surface area (Å²) in [4.78, 5) is 0. The third kappa shape index (κ3) is 0.807. The van der Waals surface area contributed by atoms with Crippen molar-refractivity contribution in [3.8, 4) is 0 Å². The molecule has 56 valence electrons. The molecule has 2 aliphatic heterocycles. The van der Waals surface area contributed by atoms with Gasteiger partial charge in [0.05, 0.1) is 12.2 Å². The lowest BCUT2D eigenvalue weighted by Gasteiger charge is -2.47. The van der Waals surface area contributed by atoms with Gasteiger partial charge in [0.15, 0.2) is 0 Å². The first kappa shape index (κ1) is 6.41. The summed E-state index contributed by atoms with van der Waals surface area (Å²) in [6.07, 6.45) is 5.01. The fourth-order valence-electron chi connectivity index (χ4n) is 2.06. The third-order valence-electron chi connectivity index (χ3n) is 2.74. The first-order valence-corrected chi connectivity index (χ1v) is 4.08. The molecule has 3 rings (SSSR count). The zero-order chi connectivity index (χ0) is 7.14. The van der Waals surface area contributed by atoms with Crippen LogP contribution in [0.15, 0.2) is 12.2 Å². The van der Waals surface area contributed by atoms with E-state index in [4.69, 9.17) is 4.74 Å². The highest BCUT2D eigenvalue weighted by molar-refractivity contribution is 5.06. The van der Waals surface area contributed by atoms with E-state index in [9.17, 15) is 0 Å². The summed E-state index contributed by atoms with van der Waals surface area (Å²) in [6, 6.07) is 0. The summed E-state index contributed by atoms with van der Waals surface area (Å²) in [7, 11) is 0. The molecule has 0 N–H and O–H groups in total. The molecule has 10 heavy (non-hydrogen) atoms. The van der Waals surface area contributed by atoms with Gasteiger partial charge in [-0.15, -0.1) is 0 Å². The van der Waals surface area contributed by atoms with Gasteiger partial charge in [0, 0.05) is 12.3 Å². The molecule has 0 aromatic rings. The first-order chi connectivity index (χ1) is 4.77. The summed E-state index contributed by atoms with van der Waals surface area (Å²) in [6.45, 7) is 6.09. The molecule has 1 saturated carbocycles. The summed E-state index contributed by atoms with van der Waals surface area (Å²) in [5.41, 5.74) is 1.31. The average molecular weight is 138 g/mol. The Labute approximate surface area is 62.1 Å². The van der Waals surface area contributed by atoms with E-state index in [0.717, 1.165) is 0 Å². The summed E-state index contributed by atoms with van der Waals surface area (Å²) in [5.74, 6) is 0.671. The maximum Gasteiger partial charge on any atom is 0.0668 e. The van der Waals surface area contributed by atoms with Gasteiger partial charge in [0.25, 0.3) is 0 Å². The minimum Gasteiger partial charge on any atom is -0.374 e. The van der Waals surface area contributed by atoms with Gasteiger partial charge in [0.1, 0.15) is 0 Å². The minimum absolute atomic E-state index is 0.538. The van der Waals surface area contributed by atoms with Crippen molar-refractivity contribution >= 4 is 0 Å². The molecule has 1 aliphatic carbocycles. The molecule has 3 atom stereocenters. The molecule has 2 bridgehead atoms. The molecular formula is C9H14O. The van der Waals surface area contributed by atoms with Crippen LogP contribution >= 0.6 is 0 Å². The quantitative estimate of drug-likeness (QED) is 0.504. The van der Waals surface area contributed by atoms with Crippen molar-refractivity contribution in [3.63, 3.8) is 0 Å². The Hall–Kier alpha value is -0.300. The zero-order valence-corrected chi connectivity index (χ0v) is 6.47. The second-order valence-corrected chi connectivity index (χ2v) is 3.56. The van der Waals surface area contributed by atoms with E-state index >= 15 is 0 Å². The SMILES string of the molecule is C=C(C)C1CCC2CC1O2. The Kier molecular flexibility index (Phi) is 1.34. The largest absolute Gasteiger partial charge is 0.374 e. The van der Waals surface area contributed by atoms with Crippen LogP contribution in [0.2, 0.25) is 0 Å². The fourth-order valence-corrected chi connectivity index (χ4v) is 2.06. The van der Waals surface area contributed by atoms with Crippen LogP contribution in [0.3, 0.4) is 0 Å². The maximum absolute atomic E-state index is 5.59. The van der Waals surface area contributed by atoms with Crippen molar-refractivity contribution < 1.29 is 4.74 Å². The van der Waals surface area contributed by atoms with E-state index in [0.29, 0.717) is 18.1 Å². The number of fused-ring (bicyclic) bond motifs is 2. The molecule has 2 heterocycles. The van der Waals surface area contributed by atoms with E-state index in [-0.39, 0.29) is 0 Å². The van der Waals surface area contributed by atoms with Crippen LogP contribution in [0.5, 0.6) is 0 Å². The van der Waals surface area contributed by atoms with E-state index in [1.165, 1.54) is 24.8 Å². The van der Waals surface area contributed by atoms with E-state index < -0.39 is 0 Å². The summed E-state index contributed by atoms with van der Waals surface area (Å²) < 4.78 is 5.59. The Bertz CT molecular complexity index is 153. The van der Waals surface area contributed by atoms with Gasteiger partial charge in [-0.05, 0) is 19.8 Å². The molecule has 0 aromatic heterocycles. The van der Waals surface area contributed by atoms with Gasteiger partial charge < -0.3 is 4.74 Å². The van der Waals surface area contributed by atoms with Crippen molar-refractivity contribution in [2.24, 2.45) is 5.92 Å². The molecule has 3 aliphatic rings. The Morgan fingerprint density at radius 1 is 1.50 bits per heavy atom. The maximum atomic E-state index is 5.59. The molecule has 3 fully saturated rings. The van der Waals surface area contributed by atoms with Crippen LogP contribution in [0.25, 0.3) is 0 Å². The molecule has 0 amide bonds. The minimum atomic E-state index is 0.538. The highest BCUT2D eigenvalue weighted by atomic mass is 16.5. The number of rotatable bonds is 1. The number of hydrogen-bond donors (Lipinski definition) is 0. The van der Waals surface area contributed by atoms with Crippen LogP contribution < -0.4 is 0 Å². The monoisotopic (exact) mass is 138 g/mol. The van der Waals surface area contributed by atoms with Crippen LogP contribution in [0.4, 0.5) is 0 Å². The van der Waals surface area contributed by atoms with Crippen molar-refractivity contribution in [1.82, 2.24) is 0 Å². The van der Waals surface area contributed by atoms with Gasteiger partial charge in [-0.1, -0.05) is 12.2 Å². The normalized spacial score (nSPS) is 44.3. The predicted octanol–water partition coefficient (Wildman–Crippen LogP) is 2.13. The molecule has 1 heteroatoms. The predicted molar refractivity (Wildman–Crippen MR) is 40.8 cm³/mol. The topological polar surface area (TPSA) is 9.23 Å². The van der Waals surface area contributed by atoms with Crippen molar-refractivity contribution in [1.29, 1.82) is 0 Å². The summed E-state index contributed by atoms with van der Waals surface area (Å²) in [5, 5.41) is 0. The van der Waals surface area contributed by atoms with Crippen molar-refractivity contribution in [2.45, 2.75) is 38.4 Å². The lowest BCUT2D eigenvalue weighted by molar-refractivity contribution is -0.177. The molecule has 0 spiro atoms. The standard InChI is InChI=1S/C9H14O/c1-6(2)8-4-3-7-5-9(8)10-7/h7-9H,1,3-5H2,2H3. The van der Waals surface area contributed by atoms with Gasteiger partial charge in [-0.2, -0.15) is 0 Å². The molecule has 1 nitrogen and oxygen atoms in total. The van der Waals surface area contributed by atoms with Gasteiger partial charge in [-0.3, -0.25) is 0 Å². The van der Waals surface area contributed by atoms with Gasteiger partial charge >= 0.3 is 0 Å². The lowest BCUT2D eigenvalue weighted by atomic mass is 9.77. The molecule has 3 unspecified atom stereocenters. The smallest absolute Gasteiger partial charge is 0.0668 e. The average Bonchev–Trinajstić information content (AvgIpc) is 1.86. The molecule has 0 aromatic carbocycles. The molecule has 0 radical (unpaired) electrons. The first-order valence-electron chi connectivity index (χ1n) is 4.08. The van der Waals surface area contributed by atoms with Crippen LogP contribution in [0, 0.1) is 5.92 Å². The highest BCUT2D eigenvalue weighted by Gasteiger charge is 2.41. The Balaban J connectivity index is 2.02. The number of ether oxygens (including phenoxy) is 1. The van der Waals surface area contributed by atoms with E-state index in [1.54, 1.807) is 0 Å². The van der Waals surface area contributed by atoms with Crippen LogP contribution in [0.1, 0.15) is 26.2 Å². The van der Waals surface area contributed by atoms with E-state index in [1.807, 2.05) is 0 Å².